The van der Waals surface area contributed by atoms with Crippen LogP contribution in [0.3, 0.4) is 0 Å². The first kappa shape index (κ1) is 13.3. The first-order valence-electron chi connectivity index (χ1n) is 5.33. The molecule has 7 heteroatoms. The van der Waals surface area contributed by atoms with Gasteiger partial charge in [0.15, 0.2) is 0 Å². The summed E-state index contributed by atoms with van der Waals surface area (Å²) < 4.78 is 32.0. The van der Waals surface area contributed by atoms with Gasteiger partial charge in [0.2, 0.25) is 10.0 Å². The normalized spacial score (nSPS) is 11.9. The number of nitrogens with two attached hydrogens (primary N) is 1. The van der Waals surface area contributed by atoms with Gasteiger partial charge in [-0.1, -0.05) is 0 Å². The number of furan rings is 1. The maximum atomic E-state index is 12.2. The summed E-state index contributed by atoms with van der Waals surface area (Å²) in [7, 11) is -3.55. The summed E-state index contributed by atoms with van der Waals surface area (Å²) in [6, 6.07) is 3.43. The molecule has 2 heterocycles. The van der Waals surface area contributed by atoms with Crippen LogP contribution < -0.4 is 10.5 Å². The average molecular weight is 286 g/mol. The monoisotopic (exact) mass is 286 g/mol. The summed E-state index contributed by atoms with van der Waals surface area (Å²) in [6.07, 6.45) is 1.50. The van der Waals surface area contributed by atoms with Crippen LogP contribution in [0, 0.1) is 6.92 Å². The van der Waals surface area contributed by atoms with Crippen LogP contribution in [0.5, 0.6) is 0 Å². The topological polar surface area (TPSA) is 85.3 Å². The summed E-state index contributed by atoms with van der Waals surface area (Å²) in [5.41, 5.74) is 6.27. The third-order valence-corrected chi connectivity index (χ3v) is 5.35. The fraction of sp³-hybridized carbons (Fsp3) is 0.273. The Morgan fingerprint density at radius 2 is 2.28 bits per heavy atom. The minimum absolute atomic E-state index is 0.134. The molecular weight excluding hydrogens is 272 g/mol. The van der Waals surface area contributed by atoms with E-state index < -0.39 is 10.0 Å². The van der Waals surface area contributed by atoms with E-state index in [1.54, 1.807) is 24.4 Å². The lowest BCUT2D eigenvalue weighted by Crippen LogP contribution is -2.24. The van der Waals surface area contributed by atoms with E-state index in [-0.39, 0.29) is 13.1 Å². The number of aryl methyl sites for hydroxylation is 1. The van der Waals surface area contributed by atoms with Crippen molar-refractivity contribution in [3.63, 3.8) is 0 Å². The Morgan fingerprint density at radius 1 is 1.50 bits per heavy atom. The third kappa shape index (κ3) is 2.64. The SMILES string of the molecule is Cc1csc(CN)c1S(=O)(=O)NCc1ccco1. The predicted octanol–water partition coefficient (Wildman–Crippen LogP) is 1.59. The molecule has 0 aliphatic heterocycles. The summed E-state index contributed by atoms with van der Waals surface area (Å²) >= 11 is 1.36. The van der Waals surface area contributed by atoms with Gasteiger partial charge in [-0.25, -0.2) is 13.1 Å². The van der Waals surface area contributed by atoms with E-state index in [1.807, 2.05) is 0 Å². The number of hydrogen-bond acceptors (Lipinski definition) is 5. The van der Waals surface area contributed by atoms with Crippen LogP contribution in [-0.2, 0) is 23.1 Å². The third-order valence-electron chi connectivity index (χ3n) is 2.46. The van der Waals surface area contributed by atoms with Gasteiger partial charge in [-0.05, 0) is 30.0 Å². The minimum Gasteiger partial charge on any atom is -0.468 e. The summed E-state index contributed by atoms with van der Waals surface area (Å²) in [4.78, 5) is 0.959. The Kier molecular flexibility index (Phi) is 3.86. The molecule has 0 bridgehead atoms. The number of rotatable bonds is 5. The van der Waals surface area contributed by atoms with Crippen molar-refractivity contribution in [1.82, 2.24) is 4.72 Å². The first-order chi connectivity index (χ1) is 8.54. The van der Waals surface area contributed by atoms with Gasteiger partial charge in [-0.15, -0.1) is 11.3 Å². The van der Waals surface area contributed by atoms with E-state index in [0.717, 1.165) is 0 Å². The van der Waals surface area contributed by atoms with Crippen LogP contribution in [0.25, 0.3) is 0 Å². The molecule has 0 fully saturated rings. The molecule has 0 radical (unpaired) electrons. The van der Waals surface area contributed by atoms with Gasteiger partial charge >= 0.3 is 0 Å². The molecule has 3 N–H and O–H groups in total. The number of hydrogen-bond donors (Lipinski definition) is 2. The van der Waals surface area contributed by atoms with Crippen LogP contribution >= 0.6 is 11.3 Å². The Labute approximate surface area is 110 Å². The highest BCUT2D eigenvalue weighted by molar-refractivity contribution is 7.89. The van der Waals surface area contributed by atoms with Crippen molar-refractivity contribution in [3.05, 3.63) is 40.0 Å². The molecule has 0 saturated carbocycles. The van der Waals surface area contributed by atoms with Crippen molar-refractivity contribution in [2.24, 2.45) is 5.73 Å². The lowest BCUT2D eigenvalue weighted by atomic mass is 10.3. The quantitative estimate of drug-likeness (QED) is 0.874. The van der Waals surface area contributed by atoms with Gasteiger partial charge in [0.25, 0.3) is 0 Å². The Balaban J connectivity index is 2.22. The second kappa shape index (κ2) is 5.23. The second-order valence-corrected chi connectivity index (χ2v) is 6.45. The summed E-state index contributed by atoms with van der Waals surface area (Å²) in [5, 5.41) is 1.80. The predicted molar refractivity (Wildman–Crippen MR) is 69.7 cm³/mol. The lowest BCUT2D eigenvalue weighted by Gasteiger charge is -2.07. The van der Waals surface area contributed by atoms with Crippen molar-refractivity contribution in [2.45, 2.75) is 24.9 Å². The van der Waals surface area contributed by atoms with Crippen LogP contribution in [0.15, 0.2) is 33.1 Å². The molecule has 0 amide bonds. The van der Waals surface area contributed by atoms with E-state index >= 15 is 0 Å². The first-order valence-corrected chi connectivity index (χ1v) is 7.70. The summed E-state index contributed by atoms with van der Waals surface area (Å²) in [5.74, 6) is 0.570. The standard InChI is InChI=1S/C11H14N2O3S2/c1-8-7-17-10(5-12)11(8)18(14,15)13-6-9-3-2-4-16-9/h2-4,7,13H,5-6,12H2,1H3. The van der Waals surface area contributed by atoms with Gasteiger partial charge in [-0.3, -0.25) is 0 Å². The van der Waals surface area contributed by atoms with Gasteiger partial charge in [0, 0.05) is 11.4 Å². The van der Waals surface area contributed by atoms with E-state index in [0.29, 0.717) is 21.1 Å². The molecule has 0 saturated heterocycles. The molecule has 0 atom stereocenters. The molecule has 2 aromatic heterocycles. The van der Waals surface area contributed by atoms with E-state index in [2.05, 4.69) is 4.72 Å². The number of sulfonamides is 1. The van der Waals surface area contributed by atoms with Crippen molar-refractivity contribution < 1.29 is 12.8 Å². The highest BCUT2D eigenvalue weighted by atomic mass is 32.2. The fourth-order valence-corrected chi connectivity index (χ4v) is 4.33. The van der Waals surface area contributed by atoms with Crippen molar-refractivity contribution >= 4 is 21.4 Å². The zero-order valence-corrected chi connectivity index (χ0v) is 11.5. The molecular formula is C11H14N2O3S2. The van der Waals surface area contributed by atoms with Crippen molar-refractivity contribution in [1.29, 1.82) is 0 Å². The van der Waals surface area contributed by atoms with Gasteiger partial charge in [0.05, 0.1) is 12.8 Å². The zero-order chi connectivity index (χ0) is 13.2. The van der Waals surface area contributed by atoms with Gasteiger partial charge < -0.3 is 10.2 Å². The molecule has 2 aromatic rings. The molecule has 18 heavy (non-hydrogen) atoms. The fourth-order valence-electron chi connectivity index (χ4n) is 1.64. The maximum absolute atomic E-state index is 12.2. The second-order valence-electron chi connectivity index (χ2n) is 3.78. The van der Waals surface area contributed by atoms with Crippen molar-refractivity contribution in [2.75, 3.05) is 0 Å². The minimum atomic E-state index is -3.55. The number of nitrogens with one attached hydrogen (secondary N) is 1. The average Bonchev–Trinajstić information content (AvgIpc) is 2.95. The Bertz CT molecular complexity index is 615. The maximum Gasteiger partial charge on any atom is 0.242 e. The van der Waals surface area contributed by atoms with Crippen LogP contribution in [0.1, 0.15) is 16.2 Å². The van der Waals surface area contributed by atoms with Crippen molar-refractivity contribution in [3.8, 4) is 0 Å². The molecule has 0 aliphatic rings. The lowest BCUT2D eigenvalue weighted by molar-refractivity contribution is 0.498. The Hall–Kier alpha value is -1.15. The van der Waals surface area contributed by atoms with E-state index in [9.17, 15) is 8.42 Å². The van der Waals surface area contributed by atoms with Crippen LogP contribution in [0.4, 0.5) is 0 Å². The van der Waals surface area contributed by atoms with Gasteiger partial charge in [0.1, 0.15) is 10.7 Å². The zero-order valence-electron chi connectivity index (χ0n) is 9.84. The highest BCUT2D eigenvalue weighted by Gasteiger charge is 2.22. The van der Waals surface area contributed by atoms with E-state index in [4.69, 9.17) is 10.2 Å². The van der Waals surface area contributed by atoms with Gasteiger partial charge in [-0.2, -0.15) is 0 Å². The van der Waals surface area contributed by atoms with E-state index in [1.165, 1.54) is 17.6 Å². The smallest absolute Gasteiger partial charge is 0.242 e. The van der Waals surface area contributed by atoms with Crippen LogP contribution in [-0.4, -0.2) is 8.42 Å². The summed E-state index contributed by atoms with van der Waals surface area (Å²) in [6.45, 7) is 2.11. The highest BCUT2D eigenvalue weighted by Crippen LogP contribution is 2.26. The largest absolute Gasteiger partial charge is 0.468 e. The molecule has 2 rings (SSSR count). The molecule has 5 nitrogen and oxygen atoms in total. The molecule has 0 unspecified atom stereocenters. The Morgan fingerprint density at radius 3 is 2.89 bits per heavy atom. The number of thiophene rings is 1. The molecule has 0 spiro atoms. The van der Waals surface area contributed by atoms with Crippen LogP contribution in [0.2, 0.25) is 0 Å². The molecule has 0 aliphatic carbocycles. The molecule has 0 aromatic carbocycles. The molecule has 98 valence electrons.